The van der Waals surface area contributed by atoms with Crippen LogP contribution in [0.2, 0.25) is 0 Å². The van der Waals surface area contributed by atoms with Crippen molar-refractivity contribution in [3.63, 3.8) is 0 Å². The van der Waals surface area contributed by atoms with E-state index in [2.05, 4.69) is 26.2 Å². The second kappa shape index (κ2) is 8.44. The zero-order valence-electron chi connectivity index (χ0n) is 13.5. The van der Waals surface area contributed by atoms with Gasteiger partial charge < -0.3 is 10.1 Å². The number of nitrogens with zero attached hydrogens (tertiary/aromatic N) is 1. The van der Waals surface area contributed by atoms with Crippen molar-refractivity contribution in [1.82, 2.24) is 10.3 Å². The molecule has 0 aliphatic heterocycles. The molecule has 0 bridgehead atoms. The molecule has 0 unspecified atom stereocenters. The first-order valence-corrected chi connectivity index (χ1v) is 8.65. The van der Waals surface area contributed by atoms with Crippen LogP contribution in [0.15, 0.2) is 77.4 Å². The molecular weight excluding hydrogens is 380 g/mol. The number of rotatable bonds is 6. The van der Waals surface area contributed by atoms with E-state index in [1.54, 1.807) is 18.3 Å². The third-order valence-electron chi connectivity index (χ3n) is 3.57. The van der Waals surface area contributed by atoms with Crippen LogP contribution >= 0.6 is 15.9 Å². The van der Waals surface area contributed by atoms with Gasteiger partial charge in [0.1, 0.15) is 12.4 Å². The van der Waals surface area contributed by atoms with Gasteiger partial charge in [-0.2, -0.15) is 0 Å². The molecule has 25 heavy (non-hydrogen) atoms. The maximum Gasteiger partial charge on any atom is 0.251 e. The number of halogens is 1. The first-order chi connectivity index (χ1) is 12.2. The van der Waals surface area contributed by atoms with Crippen molar-refractivity contribution in [3.05, 3.63) is 94.2 Å². The summed E-state index contributed by atoms with van der Waals surface area (Å²) >= 11 is 3.36. The molecule has 1 aromatic heterocycles. The Hall–Kier alpha value is -2.66. The minimum Gasteiger partial charge on any atom is -0.487 e. The SMILES string of the molecule is O=C(NCc1cccc(OCc2ccccn2)c1)c1ccc(Br)cc1. The highest BCUT2D eigenvalue weighted by Gasteiger charge is 2.05. The maximum absolute atomic E-state index is 12.2. The Morgan fingerprint density at radius 3 is 2.64 bits per heavy atom. The van der Waals surface area contributed by atoms with Gasteiger partial charge in [0.15, 0.2) is 0 Å². The van der Waals surface area contributed by atoms with Gasteiger partial charge in [-0.05, 0) is 54.1 Å². The molecule has 0 saturated carbocycles. The molecule has 4 nitrogen and oxygen atoms in total. The van der Waals surface area contributed by atoms with Crippen molar-refractivity contribution in [3.8, 4) is 5.75 Å². The highest BCUT2D eigenvalue weighted by Crippen LogP contribution is 2.15. The number of benzene rings is 2. The molecule has 0 atom stereocenters. The number of carbonyl (C=O) groups is 1. The number of nitrogens with one attached hydrogen (secondary N) is 1. The van der Waals surface area contributed by atoms with Crippen LogP contribution in [0.4, 0.5) is 0 Å². The molecule has 126 valence electrons. The molecule has 0 spiro atoms. The zero-order chi connectivity index (χ0) is 17.5. The number of amides is 1. The molecule has 2 aromatic carbocycles. The van der Waals surface area contributed by atoms with Crippen molar-refractivity contribution < 1.29 is 9.53 Å². The normalized spacial score (nSPS) is 10.3. The summed E-state index contributed by atoms with van der Waals surface area (Å²) in [6.07, 6.45) is 1.74. The first kappa shape index (κ1) is 17.2. The molecule has 0 radical (unpaired) electrons. The van der Waals surface area contributed by atoms with Gasteiger partial charge in [-0.1, -0.05) is 34.1 Å². The summed E-state index contributed by atoms with van der Waals surface area (Å²) in [4.78, 5) is 16.4. The molecule has 1 heterocycles. The van der Waals surface area contributed by atoms with Crippen LogP contribution in [0.25, 0.3) is 0 Å². The monoisotopic (exact) mass is 396 g/mol. The third kappa shape index (κ3) is 5.16. The van der Waals surface area contributed by atoms with Crippen LogP contribution < -0.4 is 10.1 Å². The van der Waals surface area contributed by atoms with E-state index in [9.17, 15) is 4.79 Å². The average Bonchev–Trinajstić information content (AvgIpc) is 2.66. The van der Waals surface area contributed by atoms with Crippen molar-refractivity contribution in [2.75, 3.05) is 0 Å². The van der Waals surface area contributed by atoms with Crippen LogP contribution in [0.1, 0.15) is 21.6 Å². The minimum absolute atomic E-state index is 0.104. The quantitative estimate of drug-likeness (QED) is 0.673. The van der Waals surface area contributed by atoms with E-state index in [0.29, 0.717) is 18.7 Å². The summed E-state index contributed by atoms with van der Waals surface area (Å²) < 4.78 is 6.70. The predicted octanol–water partition coefficient (Wildman–Crippen LogP) is 4.35. The van der Waals surface area contributed by atoms with E-state index < -0.39 is 0 Å². The summed E-state index contributed by atoms with van der Waals surface area (Å²) in [6.45, 7) is 0.852. The molecule has 1 N–H and O–H groups in total. The van der Waals surface area contributed by atoms with Gasteiger partial charge in [0.25, 0.3) is 5.91 Å². The largest absolute Gasteiger partial charge is 0.487 e. The highest BCUT2D eigenvalue weighted by molar-refractivity contribution is 9.10. The molecular formula is C20H17BrN2O2. The van der Waals surface area contributed by atoms with Crippen LogP contribution in [-0.4, -0.2) is 10.9 Å². The molecule has 0 aliphatic rings. The molecule has 3 aromatic rings. The maximum atomic E-state index is 12.2. The van der Waals surface area contributed by atoms with Crippen molar-refractivity contribution in [2.24, 2.45) is 0 Å². The van der Waals surface area contributed by atoms with Gasteiger partial charge in [0.05, 0.1) is 5.69 Å². The number of aromatic nitrogens is 1. The van der Waals surface area contributed by atoms with Crippen molar-refractivity contribution in [2.45, 2.75) is 13.2 Å². The summed E-state index contributed by atoms with van der Waals surface area (Å²) in [5.41, 5.74) is 2.48. The lowest BCUT2D eigenvalue weighted by molar-refractivity contribution is 0.0951. The van der Waals surface area contributed by atoms with E-state index in [4.69, 9.17) is 4.74 Å². The molecule has 5 heteroatoms. The lowest BCUT2D eigenvalue weighted by Gasteiger charge is -2.09. The summed E-state index contributed by atoms with van der Waals surface area (Å²) in [5, 5.41) is 2.91. The summed E-state index contributed by atoms with van der Waals surface area (Å²) in [7, 11) is 0. The zero-order valence-corrected chi connectivity index (χ0v) is 15.1. The molecule has 3 rings (SSSR count). The molecule has 1 amide bonds. The highest BCUT2D eigenvalue weighted by atomic mass is 79.9. The van der Waals surface area contributed by atoms with Gasteiger partial charge in [0, 0.05) is 22.8 Å². The lowest BCUT2D eigenvalue weighted by Crippen LogP contribution is -2.22. The Bertz CT molecular complexity index is 836. The van der Waals surface area contributed by atoms with Crippen LogP contribution in [0, 0.1) is 0 Å². The van der Waals surface area contributed by atoms with Crippen molar-refractivity contribution in [1.29, 1.82) is 0 Å². The van der Waals surface area contributed by atoms with Crippen molar-refractivity contribution >= 4 is 21.8 Å². The molecule has 0 aliphatic carbocycles. The fraction of sp³-hybridized carbons (Fsp3) is 0.100. The Balaban J connectivity index is 1.56. The Labute approximate surface area is 155 Å². The number of hydrogen-bond acceptors (Lipinski definition) is 3. The average molecular weight is 397 g/mol. The minimum atomic E-state index is -0.104. The van der Waals surface area contributed by atoms with Gasteiger partial charge in [-0.25, -0.2) is 0 Å². The van der Waals surface area contributed by atoms with E-state index in [-0.39, 0.29) is 5.91 Å². The number of carbonyl (C=O) groups excluding carboxylic acids is 1. The lowest BCUT2D eigenvalue weighted by atomic mass is 10.2. The number of hydrogen-bond donors (Lipinski definition) is 1. The topological polar surface area (TPSA) is 51.2 Å². The number of pyridine rings is 1. The van der Waals surface area contributed by atoms with E-state index >= 15 is 0 Å². The number of ether oxygens (including phenoxy) is 1. The van der Waals surface area contributed by atoms with Crippen LogP contribution in [0.5, 0.6) is 5.75 Å². The smallest absolute Gasteiger partial charge is 0.251 e. The fourth-order valence-electron chi connectivity index (χ4n) is 2.27. The third-order valence-corrected chi connectivity index (χ3v) is 4.10. The van der Waals surface area contributed by atoms with E-state index in [0.717, 1.165) is 21.5 Å². The van der Waals surface area contributed by atoms with E-state index in [1.165, 1.54) is 0 Å². The molecule has 0 fully saturated rings. The standard InChI is InChI=1S/C20H17BrN2O2/c21-17-9-7-16(8-10-17)20(24)23-13-15-4-3-6-19(12-15)25-14-18-5-1-2-11-22-18/h1-12H,13-14H2,(H,23,24). The molecule has 0 saturated heterocycles. The Morgan fingerprint density at radius 1 is 1.04 bits per heavy atom. The second-order valence-corrected chi connectivity index (χ2v) is 6.36. The van der Waals surface area contributed by atoms with E-state index in [1.807, 2.05) is 54.6 Å². The van der Waals surface area contributed by atoms with Gasteiger partial charge >= 0.3 is 0 Å². The van der Waals surface area contributed by atoms with Gasteiger partial charge in [-0.3, -0.25) is 9.78 Å². The summed E-state index contributed by atoms with van der Waals surface area (Å²) in [6, 6.07) is 20.7. The van der Waals surface area contributed by atoms with Crippen LogP contribution in [-0.2, 0) is 13.2 Å². The van der Waals surface area contributed by atoms with Crippen LogP contribution in [0.3, 0.4) is 0 Å². The van der Waals surface area contributed by atoms with Gasteiger partial charge in [0.2, 0.25) is 0 Å². The first-order valence-electron chi connectivity index (χ1n) is 7.86. The second-order valence-electron chi connectivity index (χ2n) is 5.45. The predicted molar refractivity (Wildman–Crippen MR) is 100 cm³/mol. The Morgan fingerprint density at radius 2 is 1.88 bits per heavy atom. The Kier molecular flexibility index (Phi) is 5.80. The van der Waals surface area contributed by atoms with Gasteiger partial charge in [-0.15, -0.1) is 0 Å². The fourth-order valence-corrected chi connectivity index (χ4v) is 2.54. The summed E-state index contributed by atoms with van der Waals surface area (Å²) in [5.74, 6) is 0.647.